The number of rotatable bonds is 6. The third kappa shape index (κ3) is 4.05. The molecule has 1 heterocycles. The molecule has 3 rings (SSSR count). The molecule has 0 aromatic heterocycles. The van der Waals surface area contributed by atoms with Crippen LogP contribution in [-0.2, 0) is 6.54 Å². The first-order chi connectivity index (χ1) is 12.2. The van der Waals surface area contributed by atoms with Crippen molar-refractivity contribution in [2.24, 2.45) is 0 Å². The van der Waals surface area contributed by atoms with E-state index in [1.54, 1.807) is 32.4 Å². The first-order valence-electron chi connectivity index (χ1n) is 8.55. The van der Waals surface area contributed by atoms with Crippen molar-refractivity contribution in [1.82, 2.24) is 5.32 Å². The highest BCUT2D eigenvalue weighted by Gasteiger charge is 2.14. The molecule has 0 aliphatic carbocycles. The lowest BCUT2D eigenvalue weighted by molar-refractivity contribution is 0.0948. The Morgan fingerprint density at radius 1 is 1.04 bits per heavy atom. The van der Waals surface area contributed by atoms with Crippen molar-refractivity contribution >= 4 is 11.6 Å². The van der Waals surface area contributed by atoms with Crippen molar-refractivity contribution in [3.8, 4) is 11.5 Å². The van der Waals surface area contributed by atoms with Crippen LogP contribution in [0.15, 0.2) is 42.5 Å². The van der Waals surface area contributed by atoms with Gasteiger partial charge in [-0.1, -0.05) is 12.1 Å². The molecule has 0 bridgehead atoms. The van der Waals surface area contributed by atoms with Crippen LogP contribution in [0.5, 0.6) is 11.5 Å². The zero-order valence-corrected chi connectivity index (χ0v) is 14.7. The van der Waals surface area contributed by atoms with Crippen LogP contribution in [0.2, 0.25) is 0 Å². The lowest BCUT2D eigenvalue weighted by atomic mass is 10.1. The van der Waals surface area contributed by atoms with Crippen molar-refractivity contribution in [3.63, 3.8) is 0 Å². The highest BCUT2D eigenvalue weighted by atomic mass is 16.5. The summed E-state index contributed by atoms with van der Waals surface area (Å²) in [5, 5.41) is 2.94. The number of amides is 1. The summed E-state index contributed by atoms with van der Waals surface area (Å²) in [5.74, 6) is 0.996. The molecule has 1 amide bonds. The number of anilines is 1. The molecule has 0 spiro atoms. The minimum Gasteiger partial charge on any atom is -0.497 e. The van der Waals surface area contributed by atoms with Gasteiger partial charge in [-0.3, -0.25) is 4.79 Å². The maximum absolute atomic E-state index is 12.4. The topological polar surface area (TPSA) is 50.8 Å². The van der Waals surface area contributed by atoms with Gasteiger partial charge in [0.05, 0.1) is 19.8 Å². The van der Waals surface area contributed by atoms with Crippen molar-refractivity contribution in [3.05, 3.63) is 53.6 Å². The number of nitrogens with one attached hydrogen (secondary N) is 1. The summed E-state index contributed by atoms with van der Waals surface area (Å²) in [6, 6.07) is 13.6. The van der Waals surface area contributed by atoms with Gasteiger partial charge >= 0.3 is 0 Å². The van der Waals surface area contributed by atoms with Crippen molar-refractivity contribution in [2.75, 3.05) is 32.2 Å². The smallest absolute Gasteiger partial charge is 0.255 e. The summed E-state index contributed by atoms with van der Waals surface area (Å²) in [7, 11) is 3.13. The summed E-state index contributed by atoms with van der Waals surface area (Å²) in [6.45, 7) is 2.75. The molecular formula is C20H24N2O3. The molecule has 0 saturated carbocycles. The van der Waals surface area contributed by atoms with Crippen LogP contribution in [0.4, 0.5) is 5.69 Å². The van der Waals surface area contributed by atoms with Crippen LogP contribution in [0.3, 0.4) is 0 Å². The first-order valence-corrected chi connectivity index (χ1v) is 8.55. The first kappa shape index (κ1) is 17.1. The fourth-order valence-corrected chi connectivity index (χ4v) is 3.06. The molecule has 1 saturated heterocycles. The Morgan fingerprint density at radius 2 is 1.76 bits per heavy atom. The molecule has 0 atom stereocenters. The zero-order valence-electron chi connectivity index (χ0n) is 14.7. The lowest BCUT2D eigenvalue weighted by Crippen LogP contribution is -2.23. The number of ether oxygens (including phenoxy) is 2. The maximum atomic E-state index is 12.4. The van der Waals surface area contributed by atoms with E-state index in [9.17, 15) is 4.79 Å². The highest BCUT2D eigenvalue weighted by molar-refractivity contribution is 5.97. The van der Waals surface area contributed by atoms with Gasteiger partial charge in [0, 0.05) is 31.4 Å². The van der Waals surface area contributed by atoms with Gasteiger partial charge in [0.2, 0.25) is 0 Å². The normalized spacial score (nSPS) is 13.6. The van der Waals surface area contributed by atoms with Crippen LogP contribution >= 0.6 is 0 Å². The summed E-state index contributed by atoms with van der Waals surface area (Å²) >= 11 is 0. The maximum Gasteiger partial charge on any atom is 0.255 e. The SMILES string of the molecule is COc1ccc(C(=O)NCc2ccc(N3CCCC3)cc2)c(OC)c1. The number of hydrogen-bond donors (Lipinski definition) is 1. The predicted molar refractivity (Wildman–Crippen MR) is 98.6 cm³/mol. The number of hydrogen-bond acceptors (Lipinski definition) is 4. The van der Waals surface area contributed by atoms with Crippen LogP contribution < -0.4 is 19.7 Å². The quantitative estimate of drug-likeness (QED) is 0.877. The van der Waals surface area contributed by atoms with Gasteiger partial charge in [-0.25, -0.2) is 0 Å². The van der Waals surface area contributed by atoms with Gasteiger partial charge in [0.1, 0.15) is 11.5 Å². The molecule has 5 heteroatoms. The molecule has 132 valence electrons. The Bertz CT molecular complexity index is 722. The number of benzene rings is 2. The van der Waals surface area contributed by atoms with E-state index in [0.717, 1.165) is 18.7 Å². The van der Waals surface area contributed by atoms with Gasteiger partial charge in [0.25, 0.3) is 5.91 Å². The van der Waals surface area contributed by atoms with Gasteiger partial charge in [-0.2, -0.15) is 0 Å². The van der Waals surface area contributed by atoms with Crippen LogP contribution in [-0.4, -0.2) is 33.2 Å². The minimum atomic E-state index is -0.164. The molecule has 1 N–H and O–H groups in total. The van der Waals surface area contributed by atoms with E-state index < -0.39 is 0 Å². The summed E-state index contributed by atoms with van der Waals surface area (Å²) in [6.07, 6.45) is 2.53. The second-order valence-corrected chi connectivity index (χ2v) is 6.11. The van der Waals surface area contributed by atoms with E-state index in [2.05, 4.69) is 34.5 Å². The highest BCUT2D eigenvalue weighted by Crippen LogP contribution is 2.25. The fourth-order valence-electron chi connectivity index (χ4n) is 3.06. The molecule has 2 aromatic rings. The average molecular weight is 340 g/mol. The zero-order chi connectivity index (χ0) is 17.6. The molecule has 1 aliphatic heterocycles. The molecule has 2 aromatic carbocycles. The number of carbonyl (C=O) groups excluding carboxylic acids is 1. The monoisotopic (exact) mass is 340 g/mol. The van der Waals surface area contributed by atoms with E-state index in [1.165, 1.54) is 18.5 Å². The molecule has 0 unspecified atom stereocenters. The Hall–Kier alpha value is -2.69. The van der Waals surface area contributed by atoms with Gasteiger partial charge < -0.3 is 19.7 Å². The predicted octanol–water partition coefficient (Wildman–Crippen LogP) is 3.23. The summed E-state index contributed by atoms with van der Waals surface area (Å²) in [5.41, 5.74) is 2.82. The largest absolute Gasteiger partial charge is 0.497 e. The molecule has 0 radical (unpaired) electrons. The molecule has 1 fully saturated rings. The van der Waals surface area contributed by atoms with Crippen molar-refractivity contribution in [1.29, 1.82) is 0 Å². The molecule has 5 nitrogen and oxygen atoms in total. The lowest BCUT2D eigenvalue weighted by Gasteiger charge is -2.17. The average Bonchev–Trinajstić information content (AvgIpc) is 3.20. The molecule has 1 aliphatic rings. The Balaban J connectivity index is 1.62. The van der Waals surface area contributed by atoms with E-state index in [1.807, 2.05) is 0 Å². The Labute approximate surface area is 148 Å². The second kappa shape index (κ2) is 7.92. The number of methoxy groups -OCH3 is 2. The summed E-state index contributed by atoms with van der Waals surface area (Å²) < 4.78 is 10.4. The third-order valence-corrected chi connectivity index (χ3v) is 4.51. The van der Waals surface area contributed by atoms with E-state index >= 15 is 0 Å². The minimum absolute atomic E-state index is 0.164. The van der Waals surface area contributed by atoms with Crippen molar-refractivity contribution in [2.45, 2.75) is 19.4 Å². The van der Waals surface area contributed by atoms with Crippen LogP contribution in [0.1, 0.15) is 28.8 Å². The third-order valence-electron chi connectivity index (χ3n) is 4.51. The van der Waals surface area contributed by atoms with Crippen LogP contribution in [0.25, 0.3) is 0 Å². The molecular weight excluding hydrogens is 316 g/mol. The van der Waals surface area contributed by atoms with Gasteiger partial charge in [0.15, 0.2) is 0 Å². The standard InChI is InChI=1S/C20H24N2O3/c1-24-17-9-10-18(19(13-17)25-2)20(23)21-14-15-5-7-16(8-6-15)22-11-3-4-12-22/h5-10,13H,3-4,11-12,14H2,1-2H3,(H,21,23). The van der Waals surface area contributed by atoms with Gasteiger partial charge in [-0.05, 0) is 42.7 Å². The van der Waals surface area contributed by atoms with Crippen LogP contribution in [0, 0.1) is 0 Å². The van der Waals surface area contributed by atoms with E-state index in [4.69, 9.17) is 9.47 Å². The van der Waals surface area contributed by atoms with E-state index in [-0.39, 0.29) is 5.91 Å². The van der Waals surface area contributed by atoms with E-state index in [0.29, 0.717) is 23.6 Å². The summed E-state index contributed by atoms with van der Waals surface area (Å²) in [4.78, 5) is 14.8. The fraction of sp³-hybridized carbons (Fsp3) is 0.350. The molecule has 25 heavy (non-hydrogen) atoms. The van der Waals surface area contributed by atoms with Gasteiger partial charge in [-0.15, -0.1) is 0 Å². The Morgan fingerprint density at radius 3 is 2.40 bits per heavy atom. The number of carbonyl (C=O) groups is 1. The second-order valence-electron chi connectivity index (χ2n) is 6.11. The Kier molecular flexibility index (Phi) is 5.43. The number of nitrogens with zero attached hydrogens (tertiary/aromatic N) is 1. The van der Waals surface area contributed by atoms with Crippen molar-refractivity contribution < 1.29 is 14.3 Å².